The second-order valence-corrected chi connectivity index (χ2v) is 14.0. The maximum absolute atomic E-state index is 16.3. The van der Waals surface area contributed by atoms with E-state index in [0.29, 0.717) is 43.5 Å². The summed E-state index contributed by atoms with van der Waals surface area (Å²) in [6.45, 7) is 0. The van der Waals surface area contributed by atoms with Gasteiger partial charge in [0, 0.05) is 32.7 Å². The van der Waals surface area contributed by atoms with E-state index >= 15 is 35.1 Å². The Kier molecular flexibility index (Phi) is 7.44. The van der Waals surface area contributed by atoms with Crippen molar-refractivity contribution in [3.63, 3.8) is 0 Å². The third-order valence-corrected chi connectivity index (χ3v) is 10.9. The van der Waals surface area contributed by atoms with Crippen molar-refractivity contribution in [3.8, 4) is 33.6 Å². The van der Waals surface area contributed by atoms with E-state index in [0.717, 1.165) is 12.1 Å². The zero-order valence-electron chi connectivity index (χ0n) is 29.9. The van der Waals surface area contributed by atoms with E-state index in [1.807, 2.05) is 0 Å². The van der Waals surface area contributed by atoms with Gasteiger partial charge in [0.2, 0.25) is 23.1 Å². The van der Waals surface area contributed by atoms with Crippen LogP contribution in [-0.2, 0) is 0 Å². The van der Waals surface area contributed by atoms with E-state index in [9.17, 15) is 8.78 Å². The number of fused-ring (bicyclic) bond motifs is 10. The van der Waals surface area contributed by atoms with E-state index in [2.05, 4.69) is 0 Å². The van der Waals surface area contributed by atoms with Crippen LogP contribution in [0.25, 0.3) is 99.6 Å². The summed E-state index contributed by atoms with van der Waals surface area (Å²) in [5.41, 5.74) is -4.55. The molecule has 0 saturated heterocycles. The molecule has 0 atom stereocenters. The molecular formula is C46H18F10N2O2. The molecule has 0 spiro atoms. The molecule has 7 aromatic carbocycles. The third kappa shape index (κ3) is 4.58. The molecule has 0 amide bonds. The summed E-state index contributed by atoms with van der Waals surface area (Å²) in [7, 11) is 0. The molecule has 4 aromatic heterocycles. The molecule has 14 heteroatoms. The third-order valence-electron chi connectivity index (χ3n) is 10.9. The number of para-hydroxylation sites is 4. The van der Waals surface area contributed by atoms with Crippen LogP contribution < -0.4 is 0 Å². The molecule has 11 aromatic rings. The molecule has 0 N–H and O–H groups in total. The van der Waals surface area contributed by atoms with Gasteiger partial charge in [-0.2, -0.15) is 0 Å². The van der Waals surface area contributed by atoms with Crippen LogP contribution in [-0.4, -0.2) is 9.13 Å². The minimum atomic E-state index is -2.46. The predicted molar refractivity (Wildman–Crippen MR) is 205 cm³/mol. The normalized spacial score (nSPS) is 12.2. The molecule has 0 radical (unpaired) electrons. The summed E-state index contributed by atoms with van der Waals surface area (Å²) in [6, 6.07) is 28.0. The summed E-state index contributed by atoms with van der Waals surface area (Å²) in [5.74, 6) is -23.2. The number of rotatable bonds is 4. The van der Waals surface area contributed by atoms with Crippen LogP contribution in [0.5, 0.6) is 0 Å². The van der Waals surface area contributed by atoms with Crippen molar-refractivity contribution in [1.29, 1.82) is 0 Å². The number of benzene rings is 7. The number of hydrogen-bond acceptors (Lipinski definition) is 2. The zero-order chi connectivity index (χ0) is 41.5. The van der Waals surface area contributed by atoms with E-state index in [-0.39, 0.29) is 22.5 Å². The van der Waals surface area contributed by atoms with Crippen molar-refractivity contribution in [2.24, 2.45) is 0 Å². The molecular weight excluding hydrogens is 802 g/mol. The van der Waals surface area contributed by atoms with E-state index in [4.69, 9.17) is 8.83 Å². The molecule has 0 unspecified atom stereocenters. The molecule has 0 bridgehead atoms. The van der Waals surface area contributed by atoms with Gasteiger partial charge in [-0.15, -0.1) is 0 Å². The van der Waals surface area contributed by atoms with Crippen LogP contribution in [0.4, 0.5) is 43.9 Å². The summed E-state index contributed by atoms with van der Waals surface area (Å²) >= 11 is 0. The van der Waals surface area contributed by atoms with E-state index < -0.39 is 91.8 Å². The van der Waals surface area contributed by atoms with Gasteiger partial charge in [0.25, 0.3) is 0 Å². The first kappa shape index (κ1) is 35.7. The van der Waals surface area contributed by atoms with Crippen LogP contribution in [0.15, 0.2) is 118 Å². The Morgan fingerprint density at radius 1 is 0.333 bits per heavy atom. The maximum Gasteiger partial charge on any atom is 0.213 e. The van der Waals surface area contributed by atoms with E-state index in [1.165, 1.54) is 21.3 Å². The first-order valence-electron chi connectivity index (χ1n) is 18.0. The highest BCUT2D eigenvalue weighted by molar-refractivity contribution is 6.21. The lowest BCUT2D eigenvalue weighted by Crippen LogP contribution is -2.10. The summed E-state index contributed by atoms with van der Waals surface area (Å²) in [6.07, 6.45) is 0. The lowest BCUT2D eigenvalue weighted by atomic mass is 9.93. The smallest absolute Gasteiger partial charge is 0.213 e. The fourth-order valence-electron chi connectivity index (χ4n) is 8.39. The van der Waals surface area contributed by atoms with Gasteiger partial charge in [-0.3, -0.25) is 9.13 Å². The molecule has 0 saturated carbocycles. The molecule has 0 fully saturated rings. The Morgan fingerprint density at radius 3 is 1.00 bits per heavy atom. The van der Waals surface area contributed by atoms with Crippen LogP contribution in [0.2, 0.25) is 0 Å². The Labute approximate surface area is 328 Å². The van der Waals surface area contributed by atoms with Crippen LogP contribution in [0.1, 0.15) is 0 Å². The summed E-state index contributed by atoms with van der Waals surface area (Å²) in [5, 5.41) is 2.86. The van der Waals surface area contributed by atoms with Gasteiger partial charge < -0.3 is 8.83 Å². The number of furan rings is 2. The average molecular weight is 821 g/mol. The molecule has 0 aliphatic heterocycles. The molecule has 60 heavy (non-hydrogen) atoms. The number of halogens is 10. The summed E-state index contributed by atoms with van der Waals surface area (Å²) in [4.78, 5) is 0. The molecule has 11 rings (SSSR count). The quantitative estimate of drug-likeness (QED) is 0.101. The standard InChI is InChI=1S/C46H18F10N2O2/c47-35-33(36(48)40(52)43(55)39(35)51)23-18-28(58-26-14-6-2-10-20(26)32-22-12-4-8-16-30(22)60-46(32)58)24(34-37(49)41(53)44(56)42(54)38(34)50)17-27(23)57-25-13-5-1-9-19(25)31-21-11-3-7-15-29(21)59-45(31)57/h1-18H. The van der Waals surface area contributed by atoms with Crippen LogP contribution in [0, 0.1) is 58.2 Å². The first-order chi connectivity index (χ1) is 29.0. The van der Waals surface area contributed by atoms with Gasteiger partial charge in [0.1, 0.15) is 11.2 Å². The monoisotopic (exact) mass is 820 g/mol. The number of aromatic nitrogens is 2. The second kappa shape index (κ2) is 12.5. The highest BCUT2D eigenvalue weighted by Gasteiger charge is 2.35. The largest absolute Gasteiger partial charge is 0.439 e. The Hall–Kier alpha value is -7.48. The van der Waals surface area contributed by atoms with Crippen molar-refractivity contribution in [3.05, 3.63) is 167 Å². The maximum atomic E-state index is 16.3. The van der Waals surface area contributed by atoms with Gasteiger partial charge in [0.05, 0.1) is 44.3 Å². The Bertz CT molecular complexity index is 3390. The molecule has 0 aliphatic rings. The molecule has 0 aliphatic carbocycles. The second-order valence-electron chi connectivity index (χ2n) is 14.0. The predicted octanol–water partition coefficient (Wildman–Crippen LogP) is 14.1. The van der Waals surface area contributed by atoms with Crippen molar-refractivity contribution in [1.82, 2.24) is 9.13 Å². The SMILES string of the molecule is Fc1c(F)c(F)c(-c2cc(-n3c4ccccc4c4c5ccccc5oc43)c(-c3c(F)c(F)c(F)c(F)c3F)cc2-n2c3ccccc3c3c4ccccc4oc32)c(F)c1F. The van der Waals surface area contributed by atoms with Crippen LogP contribution >= 0.6 is 0 Å². The minimum absolute atomic E-state index is 0.0512. The molecule has 294 valence electrons. The topological polar surface area (TPSA) is 36.1 Å². The lowest BCUT2D eigenvalue weighted by molar-refractivity contribution is 0.381. The molecule has 4 nitrogen and oxygen atoms in total. The Balaban J connectivity index is 1.41. The Morgan fingerprint density at radius 2 is 0.633 bits per heavy atom. The number of nitrogens with zero attached hydrogens (tertiary/aromatic N) is 2. The fourth-order valence-corrected chi connectivity index (χ4v) is 8.39. The highest BCUT2D eigenvalue weighted by Crippen LogP contribution is 2.48. The van der Waals surface area contributed by atoms with Crippen molar-refractivity contribution in [2.75, 3.05) is 0 Å². The van der Waals surface area contributed by atoms with Crippen molar-refractivity contribution >= 4 is 65.9 Å². The highest BCUT2D eigenvalue weighted by atomic mass is 19.2. The fraction of sp³-hybridized carbons (Fsp3) is 0. The minimum Gasteiger partial charge on any atom is -0.439 e. The van der Waals surface area contributed by atoms with E-state index in [1.54, 1.807) is 84.9 Å². The van der Waals surface area contributed by atoms with Gasteiger partial charge in [-0.05, 0) is 36.4 Å². The van der Waals surface area contributed by atoms with Gasteiger partial charge >= 0.3 is 0 Å². The van der Waals surface area contributed by atoms with Crippen molar-refractivity contribution < 1.29 is 52.7 Å². The van der Waals surface area contributed by atoms with Gasteiger partial charge in [-0.1, -0.05) is 72.8 Å². The lowest BCUT2D eigenvalue weighted by Gasteiger charge is -2.21. The van der Waals surface area contributed by atoms with Gasteiger partial charge in [-0.25, -0.2) is 43.9 Å². The molecule has 4 heterocycles. The zero-order valence-corrected chi connectivity index (χ0v) is 29.9. The number of hydrogen-bond donors (Lipinski definition) is 0. The first-order valence-corrected chi connectivity index (χ1v) is 18.0. The van der Waals surface area contributed by atoms with Gasteiger partial charge in [0.15, 0.2) is 46.5 Å². The van der Waals surface area contributed by atoms with Crippen molar-refractivity contribution in [2.45, 2.75) is 0 Å². The summed E-state index contributed by atoms with van der Waals surface area (Å²) < 4.78 is 171. The van der Waals surface area contributed by atoms with Crippen LogP contribution in [0.3, 0.4) is 0 Å². The average Bonchev–Trinajstić information content (AvgIpc) is 4.00.